The number of carbonyl (C=O) groups excluding carboxylic acids is 1. The Balaban J connectivity index is 2.83. The minimum absolute atomic E-state index is 0.0491. The lowest BCUT2D eigenvalue weighted by atomic mass is 9.90. The lowest BCUT2D eigenvalue weighted by molar-refractivity contribution is 0.203. The molecule has 1 heterocycles. The summed E-state index contributed by atoms with van der Waals surface area (Å²) in [6.45, 7) is 7.57. The minimum atomic E-state index is -0.0491. The van der Waals surface area contributed by atoms with Gasteiger partial charge >= 0.3 is 6.03 Å². The fourth-order valence-electron chi connectivity index (χ4n) is 2.01. The molecule has 1 atom stereocenters. The number of amides is 2. The SMILES string of the molecule is CCC(C)C(=N)C1=C(C)CCN(C(=O)NC)C1. The maximum Gasteiger partial charge on any atom is 0.317 e. The summed E-state index contributed by atoms with van der Waals surface area (Å²) < 4.78 is 0. The largest absolute Gasteiger partial charge is 0.341 e. The molecule has 0 spiro atoms. The Morgan fingerprint density at radius 2 is 2.24 bits per heavy atom. The molecule has 1 rings (SSSR count). The van der Waals surface area contributed by atoms with E-state index in [1.165, 1.54) is 5.57 Å². The van der Waals surface area contributed by atoms with Crippen LogP contribution in [0, 0.1) is 11.3 Å². The van der Waals surface area contributed by atoms with Crippen molar-refractivity contribution in [1.82, 2.24) is 10.2 Å². The Hall–Kier alpha value is -1.32. The van der Waals surface area contributed by atoms with Gasteiger partial charge in [0, 0.05) is 25.8 Å². The van der Waals surface area contributed by atoms with Crippen LogP contribution >= 0.6 is 0 Å². The molecule has 0 fully saturated rings. The van der Waals surface area contributed by atoms with Gasteiger partial charge in [0.25, 0.3) is 0 Å². The molecule has 4 heteroatoms. The van der Waals surface area contributed by atoms with E-state index in [-0.39, 0.29) is 11.9 Å². The van der Waals surface area contributed by atoms with E-state index in [2.05, 4.69) is 26.1 Å². The molecular formula is C13H23N3O. The maximum atomic E-state index is 11.6. The van der Waals surface area contributed by atoms with Gasteiger partial charge in [-0.2, -0.15) is 0 Å². The second-order valence-electron chi connectivity index (χ2n) is 4.71. The Kier molecular flexibility index (Phi) is 4.73. The molecule has 0 aliphatic carbocycles. The lowest BCUT2D eigenvalue weighted by Crippen LogP contribution is -2.43. The molecule has 2 amide bonds. The summed E-state index contributed by atoms with van der Waals surface area (Å²) in [5.74, 6) is 0.268. The highest BCUT2D eigenvalue weighted by atomic mass is 16.2. The van der Waals surface area contributed by atoms with E-state index in [0.717, 1.165) is 25.0 Å². The zero-order valence-corrected chi connectivity index (χ0v) is 11.3. The van der Waals surface area contributed by atoms with Gasteiger partial charge in [-0.05, 0) is 31.3 Å². The van der Waals surface area contributed by atoms with Crippen LogP contribution in [0.2, 0.25) is 0 Å². The summed E-state index contributed by atoms with van der Waals surface area (Å²) >= 11 is 0. The standard InChI is InChI=1S/C13H23N3O/c1-5-9(2)12(14)11-8-16(13(17)15-4)7-6-10(11)3/h9,14H,5-8H2,1-4H3,(H,15,17). The van der Waals surface area contributed by atoms with Gasteiger partial charge in [-0.1, -0.05) is 19.4 Å². The maximum absolute atomic E-state index is 11.6. The van der Waals surface area contributed by atoms with Gasteiger partial charge in [0.1, 0.15) is 0 Å². The predicted octanol–water partition coefficient (Wildman–Crippen LogP) is 2.41. The van der Waals surface area contributed by atoms with Crippen LogP contribution < -0.4 is 5.32 Å². The Morgan fingerprint density at radius 1 is 1.59 bits per heavy atom. The van der Waals surface area contributed by atoms with E-state index >= 15 is 0 Å². The molecule has 1 aliphatic rings. The Morgan fingerprint density at radius 3 is 2.76 bits per heavy atom. The zero-order chi connectivity index (χ0) is 13.0. The second-order valence-corrected chi connectivity index (χ2v) is 4.71. The van der Waals surface area contributed by atoms with Gasteiger partial charge in [0.15, 0.2) is 0 Å². The molecule has 96 valence electrons. The molecule has 0 aromatic heterocycles. The van der Waals surface area contributed by atoms with Gasteiger partial charge in [0.2, 0.25) is 0 Å². The number of hydrogen-bond acceptors (Lipinski definition) is 2. The van der Waals surface area contributed by atoms with E-state index in [1.54, 1.807) is 11.9 Å². The average Bonchev–Trinajstić information content (AvgIpc) is 2.36. The van der Waals surface area contributed by atoms with E-state index in [1.807, 2.05) is 0 Å². The first-order valence-corrected chi connectivity index (χ1v) is 6.25. The monoisotopic (exact) mass is 237 g/mol. The van der Waals surface area contributed by atoms with Crippen LogP contribution in [0.5, 0.6) is 0 Å². The molecule has 0 saturated heterocycles. The average molecular weight is 237 g/mol. The minimum Gasteiger partial charge on any atom is -0.341 e. The summed E-state index contributed by atoms with van der Waals surface area (Å²) in [7, 11) is 1.65. The molecule has 2 N–H and O–H groups in total. The summed E-state index contributed by atoms with van der Waals surface area (Å²) in [6, 6.07) is -0.0491. The van der Waals surface area contributed by atoms with E-state index in [4.69, 9.17) is 5.41 Å². The smallest absolute Gasteiger partial charge is 0.317 e. The lowest BCUT2D eigenvalue weighted by Gasteiger charge is -2.31. The third kappa shape index (κ3) is 3.08. The molecule has 0 aromatic carbocycles. The number of carbonyl (C=O) groups is 1. The quantitative estimate of drug-likeness (QED) is 0.728. The molecule has 0 aromatic rings. The molecule has 0 saturated carbocycles. The molecule has 0 bridgehead atoms. The van der Waals surface area contributed by atoms with Crippen molar-refractivity contribution in [2.45, 2.75) is 33.6 Å². The molecule has 4 nitrogen and oxygen atoms in total. The molecule has 1 unspecified atom stereocenters. The van der Waals surface area contributed by atoms with Gasteiger partial charge in [-0.3, -0.25) is 0 Å². The summed E-state index contributed by atoms with van der Waals surface area (Å²) in [5.41, 5.74) is 3.00. The van der Waals surface area contributed by atoms with Gasteiger partial charge in [0.05, 0.1) is 0 Å². The highest BCUT2D eigenvalue weighted by Gasteiger charge is 2.24. The van der Waals surface area contributed by atoms with E-state index < -0.39 is 0 Å². The van der Waals surface area contributed by atoms with Crippen molar-refractivity contribution in [1.29, 1.82) is 5.41 Å². The van der Waals surface area contributed by atoms with Crippen molar-refractivity contribution in [3.05, 3.63) is 11.1 Å². The van der Waals surface area contributed by atoms with Crippen LogP contribution in [-0.2, 0) is 0 Å². The summed E-state index contributed by atoms with van der Waals surface area (Å²) in [4.78, 5) is 13.4. The number of nitrogens with zero attached hydrogens (tertiary/aromatic N) is 1. The first-order chi connectivity index (χ1) is 8.01. The number of hydrogen-bond donors (Lipinski definition) is 2. The Labute approximate surface area is 104 Å². The molecular weight excluding hydrogens is 214 g/mol. The molecule has 0 radical (unpaired) electrons. The van der Waals surface area contributed by atoms with Crippen molar-refractivity contribution in [3.8, 4) is 0 Å². The van der Waals surface area contributed by atoms with E-state index in [0.29, 0.717) is 12.3 Å². The number of rotatable bonds is 3. The summed E-state index contributed by atoms with van der Waals surface area (Å²) in [6.07, 6.45) is 1.84. The van der Waals surface area contributed by atoms with Crippen LogP contribution in [0.4, 0.5) is 4.79 Å². The highest BCUT2D eigenvalue weighted by molar-refractivity contribution is 6.00. The third-order valence-corrected chi connectivity index (χ3v) is 3.55. The van der Waals surface area contributed by atoms with Gasteiger partial charge < -0.3 is 15.6 Å². The molecule has 17 heavy (non-hydrogen) atoms. The fraction of sp³-hybridized carbons (Fsp3) is 0.692. The third-order valence-electron chi connectivity index (χ3n) is 3.55. The first-order valence-electron chi connectivity index (χ1n) is 6.25. The highest BCUT2D eigenvalue weighted by Crippen LogP contribution is 2.22. The van der Waals surface area contributed by atoms with Crippen LogP contribution in [-0.4, -0.2) is 36.8 Å². The fourth-order valence-corrected chi connectivity index (χ4v) is 2.01. The van der Waals surface area contributed by atoms with Gasteiger partial charge in [-0.15, -0.1) is 0 Å². The van der Waals surface area contributed by atoms with Gasteiger partial charge in [-0.25, -0.2) is 4.79 Å². The topological polar surface area (TPSA) is 56.2 Å². The van der Waals surface area contributed by atoms with E-state index in [9.17, 15) is 4.79 Å². The second kappa shape index (κ2) is 5.84. The summed E-state index contributed by atoms with van der Waals surface area (Å²) in [5, 5.41) is 10.8. The number of urea groups is 1. The van der Waals surface area contributed by atoms with Crippen LogP contribution in [0.1, 0.15) is 33.6 Å². The zero-order valence-electron chi connectivity index (χ0n) is 11.3. The first kappa shape index (κ1) is 13.7. The normalized spacial score (nSPS) is 18.0. The van der Waals surface area contributed by atoms with Crippen LogP contribution in [0.25, 0.3) is 0 Å². The predicted molar refractivity (Wildman–Crippen MR) is 70.5 cm³/mol. The van der Waals surface area contributed by atoms with Crippen molar-refractivity contribution in [2.75, 3.05) is 20.1 Å². The van der Waals surface area contributed by atoms with Crippen LogP contribution in [0.15, 0.2) is 11.1 Å². The van der Waals surface area contributed by atoms with Crippen molar-refractivity contribution in [2.24, 2.45) is 5.92 Å². The van der Waals surface area contributed by atoms with Crippen molar-refractivity contribution >= 4 is 11.7 Å². The van der Waals surface area contributed by atoms with Crippen molar-refractivity contribution < 1.29 is 4.79 Å². The van der Waals surface area contributed by atoms with Crippen molar-refractivity contribution in [3.63, 3.8) is 0 Å². The number of nitrogens with one attached hydrogen (secondary N) is 2. The Bertz CT molecular complexity index is 347. The molecule has 1 aliphatic heterocycles. The van der Waals surface area contributed by atoms with Crippen LogP contribution in [0.3, 0.4) is 0 Å².